The van der Waals surface area contributed by atoms with Crippen LogP contribution in [0.4, 0.5) is 0 Å². The maximum Gasteiger partial charge on any atom is 0.188 e. The Morgan fingerprint density at radius 2 is 1.61 bits per heavy atom. The molecule has 3 aromatic carbocycles. The molecule has 0 radical (unpaired) electrons. The third-order valence-electron chi connectivity index (χ3n) is 4.54. The molecule has 28 heavy (non-hydrogen) atoms. The highest BCUT2D eigenvalue weighted by atomic mass is 32.2. The Labute approximate surface area is 167 Å². The molecule has 0 aliphatic carbocycles. The lowest BCUT2D eigenvalue weighted by atomic mass is 10.1. The number of para-hydroxylation sites is 1. The zero-order valence-corrected chi connectivity index (χ0v) is 16.5. The molecule has 4 nitrogen and oxygen atoms in total. The highest BCUT2D eigenvalue weighted by molar-refractivity contribution is 7.91. The van der Waals surface area contributed by atoms with Crippen molar-refractivity contribution in [3.8, 4) is 6.07 Å². The van der Waals surface area contributed by atoms with Crippen LogP contribution in [0, 0.1) is 11.3 Å². The quantitative estimate of drug-likeness (QED) is 0.473. The van der Waals surface area contributed by atoms with Crippen LogP contribution in [0.5, 0.6) is 0 Å². The van der Waals surface area contributed by atoms with Gasteiger partial charge in [0, 0.05) is 0 Å². The number of nitrogens with zero attached hydrogens (tertiary/aromatic N) is 2. The van der Waals surface area contributed by atoms with Gasteiger partial charge in [0.1, 0.15) is 10.3 Å². The van der Waals surface area contributed by atoms with E-state index in [0.717, 1.165) is 15.8 Å². The highest BCUT2D eigenvalue weighted by Gasteiger charge is 2.32. The highest BCUT2D eigenvalue weighted by Crippen LogP contribution is 2.36. The summed E-state index contributed by atoms with van der Waals surface area (Å²) in [6.45, 7) is 0. The van der Waals surface area contributed by atoms with Crippen LogP contribution in [0.25, 0.3) is 10.2 Å². The van der Waals surface area contributed by atoms with E-state index >= 15 is 0 Å². The molecule has 0 N–H and O–H groups in total. The van der Waals surface area contributed by atoms with Crippen molar-refractivity contribution in [3.05, 3.63) is 95.0 Å². The first kappa shape index (κ1) is 18.4. The number of aromatic nitrogens is 1. The predicted molar refractivity (Wildman–Crippen MR) is 111 cm³/mol. The summed E-state index contributed by atoms with van der Waals surface area (Å²) in [7, 11) is -3.63. The SMILES string of the molecule is N#Cc1ccc(C[C@@H](c2nc3ccccc3s2)S(=O)(=O)c2ccccc2)cc1. The lowest BCUT2D eigenvalue weighted by molar-refractivity contribution is 0.580. The smallest absolute Gasteiger partial charge is 0.188 e. The number of hydrogen-bond donors (Lipinski definition) is 0. The monoisotopic (exact) mass is 404 g/mol. The Bertz CT molecular complexity index is 1220. The molecule has 0 unspecified atom stereocenters. The molecule has 1 atom stereocenters. The van der Waals surface area contributed by atoms with Crippen molar-refractivity contribution in [1.29, 1.82) is 5.26 Å². The molecule has 0 spiro atoms. The van der Waals surface area contributed by atoms with Crippen molar-refractivity contribution < 1.29 is 8.42 Å². The fourth-order valence-corrected chi connectivity index (χ4v) is 6.13. The molecule has 4 aromatic rings. The van der Waals surface area contributed by atoms with Gasteiger partial charge in [-0.2, -0.15) is 5.26 Å². The maximum atomic E-state index is 13.5. The van der Waals surface area contributed by atoms with Crippen molar-refractivity contribution >= 4 is 31.4 Å². The van der Waals surface area contributed by atoms with Crippen LogP contribution in [-0.2, 0) is 16.3 Å². The van der Waals surface area contributed by atoms with Crippen LogP contribution in [0.1, 0.15) is 21.4 Å². The van der Waals surface area contributed by atoms with E-state index in [9.17, 15) is 8.42 Å². The van der Waals surface area contributed by atoms with E-state index in [1.165, 1.54) is 11.3 Å². The Morgan fingerprint density at radius 3 is 2.29 bits per heavy atom. The van der Waals surface area contributed by atoms with Gasteiger partial charge in [-0.25, -0.2) is 13.4 Å². The molecule has 0 aliphatic heterocycles. The van der Waals surface area contributed by atoms with Crippen LogP contribution >= 0.6 is 11.3 Å². The lowest BCUT2D eigenvalue weighted by Gasteiger charge is -2.16. The van der Waals surface area contributed by atoms with E-state index in [0.29, 0.717) is 17.0 Å². The zero-order chi connectivity index (χ0) is 19.6. The van der Waals surface area contributed by atoms with Gasteiger partial charge in [-0.1, -0.05) is 42.5 Å². The number of fused-ring (bicyclic) bond motifs is 1. The summed E-state index contributed by atoms with van der Waals surface area (Å²) in [6.07, 6.45) is 0.294. The summed E-state index contributed by atoms with van der Waals surface area (Å²) >= 11 is 1.41. The minimum atomic E-state index is -3.63. The molecule has 0 aliphatic rings. The molecular weight excluding hydrogens is 388 g/mol. The van der Waals surface area contributed by atoms with Gasteiger partial charge in [-0.05, 0) is 48.4 Å². The second kappa shape index (κ2) is 7.55. The van der Waals surface area contributed by atoms with Crippen molar-refractivity contribution in [2.75, 3.05) is 0 Å². The van der Waals surface area contributed by atoms with E-state index in [2.05, 4.69) is 11.1 Å². The van der Waals surface area contributed by atoms with Crippen LogP contribution in [0.2, 0.25) is 0 Å². The van der Waals surface area contributed by atoms with Crippen molar-refractivity contribution in [2.24, 2.45) is 0 Å². The summed E-state index contributed by atoms with van der Waals surface area (Å²) < 4.78 is 27.9. The summed E-state index contributed by atoms with van der Waals surface area (Å²) in [5, 5.41) is 8.78. The number of rotatable bonds is 5. The summed E-state index contributed by atoms with van der Waals surface area (Å²) in [4.78, 5) is 4.91. The zero-order valence-electron chi connectivity index (χ0n) is 14.8. The standard InChI is InChI=1S/C22H16N2O2S2/c23-15-17-12-10-16(11-13-17)14-21(28(25,26)18-6-2-1-3-7-18)22-24-19-8-4-5-9-20(19)27-22/h1-13,21H,14H2/t21-/m0/s1. The third-order valence-corrected chi connectivity index (χ3v) is 7.90. The molecule has 6 heteroatoms. The Kier molecular flexibility index (Phi) is 4.95. The van der Waals surface area contributed by atoms with Crippen LogP contribution in [-0.4, -0.2) is 13.4 Å². The number of nitriles is 1. The second-order valence-corrected chi connectivity index (χ2v) is 9.57. The van der Waals surface area contributed by atoms with Gasteiger partial charge in [0.15, 0.2) is 9.84 Å². The van der Waals surface area contributed by atoms with Crippen molar-refractivity contribution in [3.63, 3.8) is 0 Å². The first-order chi connectivity index (χ1) is 13.6. The van der Waals surface area contributed by atoms with Crippen LogP contribution in [0.15, 0.2) is 83.8 Å². The number of sulfone groups is 1. The Hall–Kier alpha value is -3.01. The number of benzene rings is 3. The van der Waals surface area contributed by atoms with Gasteiger partial charge in [0.2, 0.25) is 0 Å². The van der Waals surface area contributed by atoms with Gasteiger partial charge >= 0.3 is 0 Å². The van der Waals surface area contributed by atoms with Gasteiger partial charge < -0.3 is 0 Å². The van der Waals surface area contributed by atoms with Gasteiger partial charge in [-0.15, -0.1) is 11.3 Å². The van der Waals surface area contributed by atoms with Crippen LogP contribution < -0.4 is 0 Å². The Morgan fingerprint density at radius 1 is 0.929 bits per heavy atom. The molecule has 1 aromatic heterocycles. The maximum absolute atomic E-state index is 13.5. The molecule has 138 valence electrons. The minimum absolute atomic E-state index is 0.285. The van der Waals surface area contributed by atoms with Gasteiger partial charge in [0.05, 0.1) is 26.7 Å². The number of thiazole rings is 1. The van der Waals surface area contributed by atoms with E-state index in [1.807, 2.05) is 24.3 Å². The van der Waals surface area contributed by atoms with Crippen molar-refractivity contribution in [2.45, 2.75) is 16.6 Å². The fourth-order valence-electron chi connectivity index (χ4n) is 3.06. The largest absolute Gasteiger partial charge is 0.240 e. The molecular formula is C22H16N2O2S2. The lowest BCUT2D eigenvalue weighted by Crippen LogP contribution is -2.16. The van der Waals surface area contributed by atoms with Crippen LogP contribution in [0.3, 0.4) is 0 Å². The summed E-state index contributed by atoms with van der Waals surface area (Å²) in [6, 6.07) is 25.3. The van der Waals surface area contributed by atoms with E-state index < -0.39 is 15.1 Å². The first-order valence-corrected chi connectivity index (χ1v) is 11.1. The topological polar surface area (TPSA) is 70.8 Å². The van der Waals surface area contributed by atoms with Gasteiger partial charge in [-0.3, -0.25) is 0 Å². The molecule has 0 bridgehead atoms. The predicted octanol–water partition coefficient (Wildman–Crippen LogP) is 4.93. The molecule has 0 amide bonds. The average Bonchev–Trinajstić information content (AvgIpc) is 3.16. The normalized spacial score (nSPS) is 12.5. The van der Waals surface area contributed by atoms with E-state index in [4.69, 9.17) is 5.26 Å². The fraction of sp³-hybridized carbons (Fsp3) is 0.0909. The van der Waals surface area contributed by atoms with E-state index in [1.54, 1.807) is 54.6 Å². The average molecular weight is 405 g/mol. The minimum Gasteiger partial charge on any atom is -0.240 e. The first-order valence-electron chi connectivity index (χ1n) is 8.71. The molecule has 0 saturated carbocycles. The number of hydrogen-bond acceptors (Lipinski definition) is 5. The van der Waals surface area contributed by atoms with Gasteiger partial charge in [0.25, 0.3) is 0 Å². The summed E-state index contributed by atoms with van der Waals surface area (Å²) in [5.74, 6) is 0. The third kappa shape index (κ3) is 3.55. The molecule has 1 heterocycles. The van der Waals surface area contributed by atoms with E-state index in [-0.39, 0.29) is 4.90 Å². The molecule has 4 rings (SSSR count). The summed E-state index contributed by atoms with van der Waals surface area (Å²) in [5.41, 5.74) is 2.20. The second-order valence-electron chi connectivity index (χ2n) is 6.38. The Balaban J connectivity index is 1.81. The molecule has 0 fully saturated rings. The van der Waals surface area contributed by atoms with Crippen molar-refractivity contribution in [1.82, 2.24) is 4.98 Å². The molecule has 0 saturated heterocycles.